The van der Waals surface area contributed by atoms with Crippen molar-refractivity contribution in [2.75, 3.05) is 17.2 Å². The van der Waals surface area contributed by atoms with Crippen LogP contribution in [0, 0.1) is 0 Å². The van der Waals surface area contributed by atoms with Gasteiger partial charge in [0.1, 0.15) is 0 Å². The van der Waals surface area contributed by atoms with Crippen molar-refractivity contribution in [3.8, 4) is 0 Å². The minimum absolute atomic E-state index is 0.193. The Bertz CT molecular complexity index is 747. The SMILES string of the molecule is O=C(CNC(=O)Nc1ccc(Cl)cc1)Nc1ccc(C(F)(F)F)cc1. The molecule has 2 rings (SSSR count). The van der Waals surface area contributed by atoms with Crippen molar-refractivity contribution in [3.63, 3.8) is 0 Å². The summed E-state index contributed by atoms with van der Waals surface area (Å²) in [6.45, 7) is -0.347. The Labute approximate surface area is 146 Å². The van der Waals surface area contributed by atoms with Crippen LogP contribution in [0.1, 0.15) is 5.56 Å². The summed E-state index contributed by atoms with van der Waals surface area (Å²) in [5.41, 5.74) is -0.131. The number of rotatable bonds is 4. The first kappa shape index (κ1) is 18.6. The van der Waals surface area contributed by atoms with Crippen molar-refractivity contribution in [1.29, 1.82) is 0 Å². The van der Waals surface area contributed by atoms with Gasteiger partial charge in [0.2, 0.25) is 5.91 Å². The zero-order valence-corrected chi connectivity index (χ0v) is 13.4. The van der Waals surface area contributed by atoms with E-state index in [1.807, 2.05) is 0 Å². The molecule has 0 aliphatic carbocycles. The van der Waals surface area contributed by atoms with Gasteiger partial charge < -0.3 is 16.0 Å². The van der Waals surface area contributed by atoms with Crippen LogP contribution in [0.2, 0.25) is 5.02 Å². The average Bonchev–Trinajstić information content (AvgIpc) is 2.55. The summed E-state index contributed by atoms with van der Waals surface area (Å²) in [6.07, 6.45) is -4.44. The second-order valence-electron chi connectivity index (χ2n) is 4.94. The Kier molecular flexibility index (Phi) is 5.87. The maximum atomic E-state index is 12.4. The van der Waals surface area contributed by atoms with Crippen LogP contribution in [0.3, 0.4) is 0 Å². The number of amides is 3. The monoisotopic (exact) mass is 371 g/mol. The number of halogens is 4. The van der Waals surface area contributed by atoms with E-state index in [1.165, 1.54) is 0 Å². The molecule has 0 aromatic heterocycles. The number of urea groups is 1. The van der Waals surface area contributed by atoms with E-state index < -0.39 is 23.7 Å². The summed E-state index contributed by atoms with van der Waals surface area (Å²) in [5.74, 6) is -0.578. The number of hydrogen-bond acceptors (Lipinski definition) is 2. The molecule has 0 saturated heterocycles. The largest absolute Gasteiger partial charge is 0.416 e. The lowest BCUT2D eigenvalue weighted by molar-refractivity contribution is -0.137. The summed E-state index contributed by atoms with van der Waals surface area (Å²) in [7, 11) is 0. The van der Waals surface area contributed by atoms with Gasteiger partial charge in [-0.05, 0) is 48.5 Å². The summed E-state index contributed by atoms with van der Waals surface area (Å²) in [4.78, 5) is 23.4. The van der Waals surface area contributed by atoms with Crippen LogP contribution in [0.4, 0.5) is 29.3 Å². The summed E-state index contributed by atoms with van der Waals surface area (Å²) in [6, 6.07) is 9.73. The van der Waals surface area contributed by atoms with Gasteiger partial charge in [-0.25, -0.2) is 4.79 Å². The zero-order valence-electron chi connectivity index (χ0n) is 12.7. The molecule has 5 nitrogen and oxygen atoms in total. The van der Waals surface area contributed by atoms with Gasteiger partial charge in [0.05, 0.1) is 12.1 Å². The molecule has 25 heavy (non-hydrogen) atoms. The van der Waals surface area contributed by atoms with E-state index in [9.17, 15) is 22.8 Å². The smallest absolute Gasteiger partial charge is 0.329 e. The number of alkyl halides is 3. The number of hydrogen-bond donors (Lipinski definition) is 3. The van der Waals surface area contributed by atoms with Crippen LogP contribution >= 0.6 is 11.6 Å². The first-order valence-corrected chi connectivity index (χ1v) is 7.39. The minimum atomic E-state index is -4.44. The van der Waals surface area contributed by atoms with E-state index >= 15 is 0 Å². The summed E-state index contributed by atoms with van der Waals surface area (Å²) in [5, 5.41) is 7.72. The summed E-state index contributed by atoms with van der Waals surface area (Å²) < 4.78 is 37.3. The second kappa shape index (κ2) is 7.89. The van der Waals surface area contributed by atoms with Gasteiger partial charge in [-0.1, -0.05) is 11.6 Å². The van der Waals surface area contributed by atoms with Crippen LogP contribution in [-0.4, -0.2) is 18.5 Å². The van der Waals surface area contributed by atoms with Crippen molar-refractivity contribution in [2.24, 2.45) is 0 Å². The van der Waals surface area contributed by atoms with Crippen molar-refractivity contribution < 1.29 is 22.8 Å². The molecule has 2 aromatic rings. The number of benzene rings is 2. The predicted octanol–water partition coefficient (Wildman–Crippen LogP) is 4.12. The van der Waals surface area contributed by atoms with E-state index in [-0.39, 0.29) is 12.2 Å². The number of carbonyl (C=O) groups excluding carboxylic acids is 2. The number of carbonyl (C=O) groups is 2. The molecule has 3 amide bonds. The molecule has 0 aliphatic rings. The standard InChI is InChI=1S/C16H13ClF3N3O2/c17-11-3-7-13(8-4-11)23-15(25)21-9-14(24)22-12-5-1-10(2-6-12)16(18,19)20/h1-8H,9H2,(H,22,24)(H2,21,23,25). The van der Waals surface area contributed by atoms with Gasteiger partial charge in [-0.3, -0.25) is 4.79 Å². The molecule has 0 radical (unpaired) electrons. The Hall–Kier alpha value is -2.74. The van der Waals surface area contributed by atoms with E-state index in [2.05, 4.69) is 16.0 Å². The minimum Gasteiger partial charge on any atom is -0.329 e. The van der Waals surface area contributed by atoms with Crippen LogP contribution in [0.15, 0.2) is 48.5 Å². The lowest BCUT2D eigenvalue weighted by atomic mass is 10.2. The molecule has 0 bridgehead atoms. The van der Waals surface area contributed by atoms with Gasteiger partial charge in [0, 0.05) is 16.4 Å². The lowest BCUT2D eigenvalue weighted by Crippen LogP contribution is -2.35. The summed E-state index contributed by atoms with van der Waals surface area (Å²) >= 11 is 5.72. The number of nitrogens with one attached hydrogen (secondary N) is 3. The molecule has 0 heterocycles. The average molecular weight is 372 g/mol. The second-order valence-corrected chi connectivity index (χ2v) is 5.37. The molecule has 0 spiro atoms. The van der Waals surface area contributed by atoms with Crippen LogP contribution in [0.25, 0.3) is 0 Å². The quantitative estimate of drug-likeness (QED) is 0.756. The third-order valence-corrected chi connectivity index (χ3v) is 3.26. The Balaban J connectivity index is 1.80. The molecular weight excluding hydrogens is 359 g/mol. The molecule has 0 aliphatic heterocycles. The van der Waals surface area contributed by atoms with E-state index in [1.54, 1.807) is 24.3 Å². The van der Waals surface area contributed by atoms with Crippen molar-refractivity contribution in [2.45, 2.75) is 6.18 Å². The Morgan fingerprint density at radius 2 is 1.40 bits per heavy atom. The topological polar surface area (TPSA) is 70.2 Å². The van der Waals surface area contributed by atoms with Crippen molar-refractivity contribution in [3.05, 3.63) is 59.1 Å². The van der Waals surface area contributed by atoms with Crippen LogP contribution < -0.4 is 16.0 Å². The zero-order chi connectivity index (χ0) is 18.4. The highest BCUT2D eigenvalue weighted by Gasteiger charge is 2.29. The van der Waals surface area contributed by atoms with E-state index in [4.69, 9.17) is 11.6 Å². The van der Waals surface area contributed by atoms with Crippen molar-refractivity contribution >= 4 is 34.9 Å². The third kappa shape index (κ3) is 6.00. The fraction of sp³-hybridized carbons (Fsp3) is 0.125. The van der Waals surface area contributed by atoms with E-state index in [0.717, 1.165) is 24.3 Å². The highest BCUT2D eigenvalue weighted by atomic mass is 35.5. The van der Waals surface area contributed by atoms with Crippen LogP contribution in [0.5, 0.6) is 0 Å². The molecule has 0 saturated carbocycles. The molecule has 2 aromatic carbocycles. The maximum absolute atomic E-state index is 12.4. The number of anilines is 2. The fourth-order valence-corrected chi connectivity index (χ4v) is 1.94. The maximum Gasteiger partial charge on any atom is 0.416 e. The van der Waals surface area contributed by atoms with Gasteiger partial charge in [-0.2, -0.15) is 13.2 Å². The Morgan fingerprint density at radius 3 is 1.96 bits per heavy atom. The van der Waals surface area contributed by atoms with Gasteiger partial charge in [0.25, 0.3) is 0 Å². The van der Waals surface area contributed by atoms with Gasteiger partial charge >= 0.3 is 12.2 Å². The Morgan fingerprint density at radius 1 is 0.880 bits per heavy atom. The normalized spacial score (nSPS) is 10.9. The van der Waals surface area contributed by atoms with Gasteiger partial charge in [-0.15, -0.1) is 0 Å². The predicted molar refractivity (Wildman–Crippen MR) is 88.5 cm³/mol. The molecule has 132 valence electrons. The molecule has 0 atom stereocenters. The first-order valence-electron chi connectivity index (χ1n) is 7.01. The van der Waals surface area contributed by atoms with Crippen molar-refractivity contribution in [1.82, 2.24) is 5.32 Å². The molecular formula is C16H13ClF3N3O2. The third-order valence-electron chi connectivity index (χ3n) is 3.01. The first-order chi connectivity index (χ1) is 11.7. The molecule has 0 fully saturated rings. The van der Waals surface area contributed by atoms with Crippen LogP contribution in [-0.2, 0) is 11.0 Å². The van der Waals surface area contributed by atoms with E-state index in [0.29, 0.717) is 10.7 Å². The highest BCUT2D eigenvalue weighted by Crippen LogP contribution is 2.29. The molecule has 9 heteroatoms. The molecule has 3 N–H and O–H groups in total. The highest BCUT2D eigenvalue weighted by molar-refractivity contribution is 6.30. The lowest BCUT2D eigenvalue weighted by Gasteiger charge is -2.10. The molecule has 0 unspecified atom stereocenters. The fourth-order valence-electron chi connectivity index (χ4n) is 1.82. The van der Waals surface area contributed by atoms with Gasteiger partial charge in [0.15, 0.2) is 0 Å².